The van der Waals surface area contributed by atoms with Gasteiger partial charge in [-0.2, -0.15) is 13.2 Å². The number of para-hydroxylation sites is 1. The molecule has 0 spiro atoms. The van der Waals surface area contributed by atoms with Crippen molar-refractivity contribution in [3.63, 3.8) is 0 Å². The third kappa shape index (κ3) is 5.65. The smallest absolute Gasteiger partial charge is 0.416 e. The fourth-order valence-corrected chi connectivity index (χ4v) is 3.17. The van der Waals surface area contributed by atoms with Crippen molar-refractivity contribution in [3.8, 4) is 5.75 Å². The predicted octanol–water partition coefficient (Wildman–Crippen LogP) is 4.43. The van der Waals surface area contributed by atoms with Gasteiger partial charge >= 0.3 is 6.18 Å². The molecule has 2 aromatic rings. The van der Waals surface area contributed by atoms with Crippen LogP contribution in [0, 0.1) is 5.92 Å². The molecule has 28 heavy (non-hydrogen) atoms. The van der Waals surface area contributed by atoms with Gasteiger partial charge in [-0.05, 0) is 49.1 Å². The summed E-state index contributed by atoms with van der Waals surface area (Å²) in [5.41, 5.74) is -0.446. The lowest BCUT2D eigenvalue weighted by atomic mass is 9.98. The summed E-state index contributed by atoms with van der Waals surface area (Å²) in [4.78, 5) is 14.1. The number of nitrogens with one attached hydrogen (secondary N) is 1. The number of amides is 1. The summed E-state index contributed by atoms with van der Waals surface area (Å²) in [6.45, 7) is 1.86. The number of nitrogens with zero attached hydrogens (tertiary/aromatic N) is 1. The molecule has 7 heteroatoms. The minimum Gasteiger partial charge on any atom is -0.493 e. The van der Waals surface area contributed by atoms with E-state index in [0.717, 1.165) is 30.7 Å². The highest BCUT2D eigenvalue weighted by Gasteiger charge is 2.30. The number of benzene rings is 2. The van der Waals surface area contributed by atoms with Gasteiger partial charge in [0, 0.05) is 18.8 Å². The number of likely N-dealkylation sites (tertiary alicyclic amines) is 1. The maximum Gasteiger partial charge on any atom is 0.416 e. The molecule has 0 atom stereocenters. The molecule has 2 aromatic carbocycles. The molecule has 1 aliphatic rings. The highest BCUT2D eigenvalue weighted by molar-refractivity contribution is 5.81. The maximum atomic E-state index is 12.8. The topological polar surface area (TPSA) is 41.6 Å². The summed E-state index contributed by atoms with van der Waals surface area (Å²) < 4.78 is 44.0. The van der Waals surface area contributed by atoms with Crippen LogP contribution in [0.1, 0.15) is 18.4 Å². The first-order valence-corrected chi connectivity index (χ1v) is 9.28. The number of halogens is 3. The van der Waals surface area contributed by atoms with Crippen molar-refractivity contribution in [1.82, 2.24) is 4.90 Å². The Hall–Kier alpha value is -2.70. The van der Waals surface area contributed by atoms with E-state index in [1.807, 2.05) is 30.3 Å². The molecule has 1 aliphatic heterocycles. The van der Waals surface area contributed by atoms with Gasteiger partial charge in [0.05, 0.1) is 18.7 Å². The molecule has 1 saturated heterocycles. The number of piperidine rings is 1. The Bertz CT molecular complexity index is 773. The van der Waals surface area contributed by atoms with Crippen molar-refractivity contribution in [2.75, 3.05) is 31.6 Å². The standard InChI is InChI=1S/C21H23F3N2O2/c22-21(23,24)17-5-4-6-18(13-17)25-14-20(27)26-11-9-16(10-12-26)15-28-19-7-2-1-3-8-19/h1-8,13,16,25H,9-12,14-15H2. The van der Waals surface area contributed by atoms with Gasteiger partial charge in [-0.3, -0.25) is 4.79 Å². The maximum absolute atomic E-state index is 12.8. The molecule has 0 bridgehead atoms. The normalized spacial score (nSPS) is 15.3. The van der Waals surface area contributed by atoms with Crippen LogP contribution in [0.5, 0.6) is 5.75 Å². The van der Waals surface area contributed by atoms with E-state index < -0.39 is 11.7 Å². The van der Waals surface area contributed by atoms with Gasteiger partial charge in [-0.15, -0.1) is 0 Å². The second kappa shape index (κ2) is 8.99. The van der Waals surface area contributed by atoms with E-state index in [0.29, 0.717) is 25.6 Å². The first-order chi connectivity index (χ1) is 13.4. The van der Waals surface area contributed by atoms with Crippen LogP contribution in [0.25, 0.3) is 0 Å². The first kappa shape index (κ1) is 20.0. The van der Waals surface area contributed by atoms with Crippen LogP contribution in [-0.4, -0.2) is 37.0 Å². The largest absolute Gasteiger partial charge is 0.493 e. The number of rotatable bonds is 6. The Morgan fingerprint density at radius 2 is 1.79 bits per heavy atom. The second-order valence-electron chi connectivity index (χ2n) is 6.88. The fourth-order valence-electron chi connectivity index (χ4n) is 3.17. The Labute approximate surface area is 162 Å². The van der Waals surface area contributed by atoms with Crippen molar-refractivity contribution in [3.05, 3.63) is 60.2 Å². The lowest BCUT2D eigenvalue weighted by molar-refractivity contribution is -0.137. The van der Waals surface area contributed by atoms with Crippen LogP contribution >= 0.6 is 0 Å². The zero-order chi connectivity index (χ0) is 20.0. The quantitative estimate of drug-likeness (QED) is 0.791. The van der Waals surface area contributed by atoms with E-state index in [9.17, 15) is 18.0 Å². The summed E-state index contributed by atoms with van der Waals surface area (Å²) in [7, 11) is 0. The molecule has 3 rings (SSSR count). The molecule has 0 aromatic heterocycles. The van der Waals surface area contributed by atoms with Crippen LogP contribution in [0.4, 0.5) is 18.9 Å². The Morgan fingerprint density at radius 1 is 1.07 bits per heavy atom. The predicted molar refractivity (Wildman–Crippen MR) is 101 cm³/mol. The molecule has 1 amide bonds. The number of carbonyl (C=O) groups is 1. The SMILES string of the molecule is O=C(CNc1cccc(C(F)(F)F)c1)N1CCC(COc2ccccc2)CC1. The molecule has 1 heterocycles. The summed E-state index contributed by atoms with van der Waals surface area (Å²) in [6.07, 6.45) is -2.70. The number of carbonyl (C=O) groups excluding carboxylic acids is 1. The molecular weight excluding hydrogens is 369 g/mol. The number of anilines is 1. The monoisotopic (exact) mass is 392 g/mol. The minimum absolute atomic E-state index is 0.0213. The Balaban J connectivity index is 1.42. The van der Waals surface area contributed by atoms with Gasteiger partial charge in [-0.1, -0.05) is 24.3 Å². The highest BCUT2D eigenvalue weighted by Crippen LogP contribution is 2.30. The van der Waals surface area contributed by atoms with E-state index in [4.69, 9.17) is 4.74 Å². The number of alkyl halides is 3. The summed E-state index contributed by atoms with van der Waals surface area (Å²) in [6, 6.07) is 14.5. The minimum atomic E-state index is -4.40. The van der Waals surface area contributed by atoms with Gasteiger partial charge in [0.1, 0.15) is 5.75 Å². The number of ether oxygens (including phenoxy) is 1. The summed E-state index contributed by atoms with van der Waals surface area (Å²) in [5.74, 6) is 1.12. The second-order valence-corrected chi connectivity index (χ2v) is 6.88. The summed E-state index contributed by atoms with van der Waals surface area (Å²) >= 11 is 0. The number of hydrogen-bond acceptors (Lipinski definition) is 3. The van der Waals surface area contributed by atoms with Crippen LogP contribution in [0.3, 0.4) is 0 Å². The van der Waals surface area contributed by atoms with Gasteiger partial charge in [0.2, 0.25) is 5.91 Å². The summed E-state index contributed by atoms with van der Waals surface area (Å²) in [5, 5.41) is 2.80. The van der Waals surface area contributed by atoms with E-state index in [1.165, 1.54) is 12.1 Å². The average Bonchev–Trinajstić information content (AvgIpc) is 2.71. The van der Waals surface area contributed by atoms with Crippen LogP contribution in [0.15, 0.2) is 54.6 Å². The lowest BCUT2D eigenvalue weighted by Gasteiger charge is -2.32. The van der Waals surface area contributed by atoms with Crippen LogP contribution in [0.2, 0.25) is 0 Å². The molecular formula is C21H23F3N2O2. The molecule has 0 saturated carbocycles. The average molecular weight is 392 g/mol. The van der Waals surface area contributed by atoms with Crippen molar-refractivity contribution < 1.29 is 22.7 Å². The van der Waals surface area contributed by atoms with E-state index in [2.05, 4.69) is 5.32 Å². The van der Waals surface area contributed by atoms with Crippen molar-refractivity contribution in [2.45, 2.75) is 19.0 Å². The van der Waals surface area contributed by atoms with Crippen molar-refractivity contribution in [1.29, 1.82) is 0 Å². The van der Waals surface area contributed by atoms with Gasteiger partial charge < -0.3 is 15.0 Å². The van der Waals surface area contributed by atoms with E-state index in [1.54, 1.807) is 4.90 Å². The molecule has 150 valence electrons. The van der Waals surface area contributed by atoms with Crippen LogP contribution in [-0.2, 0) is 11.0 Å². The van der Waals surface area contributed by atoms with Gasteiger partial charge in [0.25, 0.3) is 0 Å². The molecule has 1 fully saturated rings. The Kier molecular flexibility index (Phi) is 6.44. The molecule has 4 nitrogen and oxygen atoms in total. The third-order valence-electron chi connectivity index (χ3n) is 4.83. The van der Waals surface area contributed by atoms with Crippen molar-refractivity contribution in [2.24, 2.45) is 5.92 Å². The number of hydrogen-bond donors (Lipinski definition) is 1. The van der Waals surface area contributed by atoms with Gasteiger partial charge in [0.15, 0.2) is 0 Å². The molecule has 0 aliphatic carbocycles. The third-order valence-corrected chi connectivity index (χ3v) is 4.83. The van der Waals surface area contributed by atoms with Gasteiger partial charge in [-0.25, -0.2) is 0 Å². The Morgan fingerprint density at radius 3 is 2.46 bits per heavy atom. The molecule has 0 radical (unpaired) electrons. The zero-order valence-electron chi connectivity index (χ0n) is 15.4. The lowest BCUT2D eigenvalue weighted by Crippen LogP contribution is -2.42. The molecule has 0 unspecified atom stereocenters. The van der Waals surface area contributed by atoms with Crippen LogP contribution < -0.4 is 10.1 Å². The van der Waals surface area contributed by atoms with E-state index in [-0.39, 0.29) is 18.1 Å². The molecule has 1 N–H and O–H groups in total. The fraction of sp³-hybridized carbons (Fsp3) is 0.381. The highest BCUT2D eigenvalue weighted by atomic mass is 19.4. The van der Waals surface area contributed by atoms with E-state index >= 15 is 0 Å². The zero-order valence-corrected chi connectivity index (χ0v) is 15.4. The first-order valence-electron chi connectivity index (χ1n) is 9.28. The van der Waals surface area contributed by atoms with Crippen molar-refractivity contribution >= 4 is 11.6 Å².